The van der Waals surface area contributed by atoms with Gasteiger partial charge in [-0.15, -0.1) is 0 Å². The van der Waals surface area contributed by atoms with Crippen molar-refractivity contribution in [1.29, 1.82) is 0 Å². The van der Waals surface area contributed by atoms with Crippen molar-refractivity contribution >= 4 is 5.91 Å². The molecular formula is C27H35NO5. The van der Waals surface area contributed by atoms with Crippen LogP contribution in [-0.4, -0.2) is 56.4 Å². The highest BCUT2D eigenvalue weighted by Gasteiger charge is 2.45. The van der Waals surface area contributed by atoms with Crippen molar-refractivity contribution in [2.24, 2.45) is 0 Å². The molecule has 2 fully saturated rings. The summed E-state index contributed by atoms with van der Waals surface area (Å²) in [5.41, 5.74) is 2.40. The molecule has 1 spiro atoms. The fraction of sp³-hybridized carbons (Fsp3) is 0.519. The smallest absolute Gasteiger partial charge is 0.254 e. The molecular weight excluding hydrogens is 418 g/mol. The second-order valence-electron chi connectivity index (χ2n) is 9.02. The Kier molecular flexibility index (Phi) is 7.25. The van der Waals surface area contributed by atoms with Crippen LogP contribution in [0.3, 0.4) is 0 Å². The van der Waals surface area contributed by atoms with E-state index in [1.807, 2.05) is 24.8 Å². The molecule has 0 aliphatic carbocycles. The Morgan fingerprint density at radius 3 is 2.30 bits per heavy atom. The number of nitrogens with zero attached hydrogens (tertiary/aromatic N) is 1. The van der Waals surface area contributed by atoms with E-state index in [9.17, 15) is 4.79 Å². The van der Waals surface area contributed by atoms with Crippen molar-refractivity contribution in [1.82, 2.24) is 4.90 Å². The number of rotatable bonds is 6. The van der Waals surface area contributed by atoms with Crippen LogP contribution in [0.1, 0.15) is 60.2 Å². The number of carbonyl (C=O) groups excluding carboxylic acids is 1. The quantitative estimate of drug-likeness (QED) is 0.620. The molecule has 2 aliphatic heterocycles. The Bertz CT molecular complexity index is 927. The first-order valence-electron chi connectivity index (χ1n) is 11.8. The van der Waals surface area contributed by atoms with E-state index >= 15 is 0 Å². The van der Waals surface area contributed by atoms with E-state index in [1.165, 1.54) is 5.56 Å². The molecule has 2 atom stereocenters. The van der Waals surface area contributed by atoms with Crippen LogP contribution in [0.2, 0.25) is 0 Å². The summed E-state index contributed by atoms with van der Waals surface area (Å²) in [6, 6.07) is 14.0. The van der Waals surface area contributed by atoms with Crippen molar-refractivity contribution < 1.29 is 23.7 Å². The SMILES string of the molecule is CCO[C@@H]1C[C@H](c2ccccc2)OC2(CCN(C(=O)c3cc(OC)c(C)c(OC)c3)CC2)C1. The van der Waals surface area contributed by atoms with Gasteiger partial charge in [0.2, 0.25) is 0 Å². The van der Waals surface area contributed by atoms with Crippen LogP contribution in [0.15, 0.2) is 42.5 Å². The van der Waals surface area contributed by atoms with Gasteiger partial charge in [-0.05, 0) is 44.4 Å². The zero-order valence-corrected chi connectivity index (χ0v) is 20.1. The molecule has 0 unspecified atom stereocenters. The number of likely N-dealkylation sites (tertiary alicyclic amines) is 1. The molecule has 0 aromatic heterocycles. The monoisotopic (exact) mass is 453 g/mol. The van der Waals surface area contributed by atoms with Crippen molar-refractivity contribution in [3.63, 3.8) is 0 Å². The summed E-state index contributed by atoms with van der Waals surface area (Å²) >= 11 is 0. The molecule has 1 amide bonds. The van der Waals surface area contributed by atoms with Gasteiger partial charge in [-0.25, -0.2) is 0 Å². The Balaban J connectivity index is 1.49. The predicted molar refractivity (Wildman–Crippen MR) is 127 cm³/mol. The van der Waals surface area contributed by atoms with Gasteiger partial charge in [0.1, 0.15) is 11.5 Å². The van der Waals surface area contributed by atoms with E-state index in [-0.39, 0.29) is 23.7 Å². The zero-order valence-electron chi connectivity index (χ0n) is 20.1. The standard InChI is InChI=1S/C27H35NO5/c1-5-32-22-17-25(20-9-7-6-8-10-20)33-27(18-22)11-13-28(14-12-27)26(29)21-15-23(30-3)19(2)24(16-21)31-4/h6-10,15-16,22,25H,5,11-14,17-18H2,1-4H3/t22-,25-/m1/s1. The normalized spacial score (nSPS) is 22.2. The highest BCUT2D eigenvalue weighted by atomic mass is 16.5. The summed E-state index contributed by atoms with van der Waals surface area (Å²) in [6.45, 7) is 5.97. The molecule has 2 saturated heterocycles. The maximum atomic E-state index is 13.3. The van der Waals surface area contributed by atoms with Gasteiger partial charge in [0, 0.05) is 43.7 Å². The summed E-state index contributed by atoms with van der Waals surface area (Å²) < 4.78 is 23.7. The molecule has 6 nitrogen and oxygen atoms in total. The molecule has 0 N–H and O–H groups in total. The third kappa shape index (κ3) is 5.02. The Morgan fingerprint density at radius 2 is 1.73 bits per heavy atom. The number of ether oxygens (including phenoxy) is 4. The minimum absolute atomic E-state index is 0.00164. The predicted octanol–water partition coefficient (Wildman–Crippen LogP) is 4.94. The molecule has 2 heterocycles. The second-order valence-corrected chi connectivity index (χ2v) is 9.02. The second kappa shape index (κ2) is 10.1. The maximum Gasteiger partial charge on any atom is 0.254 e. The van der Waals surface area contributed by atoms with Crippen molar-refractivity contribution in [2.75, 3.05) is 33.9 Å². The van der Waals surface area contributed by atoms with Crippen LogP contribution in [0.5, 0.6) is 11.5 Å². The van der Waals surface area contributed by atoms with E-state index in [0.29, 0.717) is 36.8 Å². The molecule has 2 aliphatic rings. The van der Waals surface area contributed by atoms with Gasteiger partial charge < -0.3 is 23.8 Å². The van der Waals surface area contributed by atoms with E-state index in [4.69, 9.17) is 18.9 Å². The van der Waals surface area contributed by atoms with Gasteiger partial charge in [0.15, 0.2) is 0 Å². The summed E-state index contributed by atoms with van der Waals surface area (Å²) in [5.74, 6) is 1.32. The van der Waals surface area contributed by atoms with Gasteiger partial charge in [0.05, 0.1) is 32.0 Å². The van der Waals surface area contributed by atoms with Crippen LogP contribution in [-0.2, 0) is 9.47 Å². The number of benzene rings is 2. The Hall–Kier alpha value is -2.57. The minimum atomic E-state index is -0.266. The highest BCUT2D eigenvalue weighted by molar-refractivity contribution is 5.95. The van der Waals surface area contributed by atoms with Crippen molar-refractivity contribution in [2.45, 2.75) is 57.3 Å². The number of methoxy groups -OCH3 is 2. The van der Waals surface area contributed by atoms with Gasteiger partial charge in [-0.1, -0.05) is 30.3 Å². The van der Waals surface area contributed by atoms with Crippen molar-refractivity contribution in [3.8, 4) is 11.5 Å². The minimum Gasteiger partial charge on any atom is -0.496 e. The number of hydrogen-bond acceptors (Lipinski definition) is 5. The van der Waals surface area contributed by atoms with Crippen LogP contribution in [0.25, 0.3) is 0 Å². The van der Waals surface area contributed by atoms with Gasteiger partial charge >= 0.3 is 0 Å². The number of hydrogen-bond donors (Lipinski definition) is 0. The van der Waals surface area contributed by atoms with Crippen LogP contribution in [0.4, 0.5) is 0 Å². The molecule has 4 rings (SSSR count). The van der Waals surface area contributed by atoms with Crippen LogP contribution >= 0.6 is 0 Å². The average molecular weight is 454 g/mol. The van der Waals surface area contributed by atoms with Gasteiger partial charge in [0.25, 0.3) is 5.91 Å². The topological polar surface area (TPSA) is 57.2 Å². The van der Waals surface area contributed by atoms with E-state index in [1.54, 1.807) is 26.4 Å². The van der Waals surface area contributed by atoms with Gasteiger partial charge in [-0.3, -0.25) is 4.79 Å². The molecule has 2 aromatic rings. The van der Waals surface area contributed by atoms with Gasteiger partial charge in [-0.2, -0.15) is 0 Å². The van der Waals surface area contributed by atoms with Crippen molar-refractivity contribution in [3.05, 3.63) is 59.2 Å². The Morgan fingerprint density at radius 1 is 1.09 bits per heavy atom. The molecule has 0 saturated carbocycles. The van der Waals surface area contributed by atoms with E-state index < -0.39 is 0 Å². The largest absolute Gasteiger partial charge is 0.496 e. The molecule has 6 heteroatoms. The lowest BCUT2D eigenvalue weighted by Crippen LogP contribution is -2.52. The third-order valence-electron chi connectivity index (χ3n) is 7.00. The summed E-state index contributed by atoms with van der Waals surface area (Å²) in [4.78, 5) is 15.2. The average Bonchev–Trinajstić information content (AvgIpc) is 2.85. The zero-order chi connectivity index (χ0) is 23.4. The van der Waals surface area contributed by atoms with Crippen LogP contribution < -0.4 is 9.47 Å². The first kappa shape index (κ1) is 23.6. The highest BCUT2D eigenvalue weighted by Crippen LogP contribution is 2.44. The first-order chi connectivity index (χ1) is 16.0. The lowest BCUT2D eigenvalue weighted by atomic mass is 9.80. The molecule has 178 valence electrons. The third-order valence-corrected chi connectivity index (χ3v) is 7.00. The van der Waals surface area contributed by atoms with Crippen LogP contribution in [0, 0.1) is 6.92 Å². The number of carbonyl (C=O) groups is 1. The first-order valence-corrected chi connectivity index (χ1v) is 11.8. The molecule has 2 aromatic carbocycles. The number of piperidine rings is 1. The lowest BCUT2D eigenvalue weighted by molar-refractivity contribution is -0.190. The molecule has 0 radical (unpaired) electrons. The number of amides is 1. The fourth-order valence-corrected chi connectivity index (χ4v) is 5.20. The Labute approximate surface area is 196 Å². The fourth-order valence-electron chi connectivity index (χ4n) is 5.20. The molecule has 33 heavy (non-hydrogen) atoms. The summed E-state index contributed by atoms with van der Waals surface area (Å²) in [5, 5.41) is 0. The molecule has 0 bridgehead atoms. The maximum absolute atomic E-state index is 13.3. The summed E-state index contributed by atoms with van der Waals surface area (Å²) in [6.07, 6.45) is 3.52. The van der Waals surface area contributed by atoms with E-state index in [2.05, 4.69) is 24.3 Å². The van der Waals surface area contributed by atoms with E-state index in [0.717, 1.165) is 31.2 Å². The summed E-state index contributed by atoms with van der Waals surface area (Å²) in [7, 11) is 3.22. The lowest BCUT2D eigenvalue weighted by Gasteiger charge is -2.48.